The van der Waals surface area contributed by atoms with Crippen LogP contribution >= 0.6 is 0 Å². The van der Waals surface area contributed by atoms with E-state index in [1.807, 2.05) is 24.3 Å². The second kappa shape index (κ2) is 7.11. The van der Waals surface area contributed by atoms with Gasteiger partial charge in [0, 0.05) is 12.1 Å². The molecule has 5 nitrogen and oxygen atoms in total. The van der Waals surface area contributed by atoms with E-state index in [1.165, 1.54) is 7.11 Å². The Kier molecular flexibility index (Phi) is 5.20. The van der Waals surface area contributed by atoms with Crippen molar-refractivity contribution in [2.24, 2.45) is 0 Å². The van der Waals surface area contributed by atoms with Crippen LogP contribution in [-0.4, -0.2) is 43.6 Å². The third-order valence-corrected chi connectivity index (χ3v) is 3.83. The number of likely N-dealkylation sites (tertiary alicyclic amines) is 1. The molecule has 5 heteroatoms. The van der Waals surface area contributed by atoms with Gasteiger partial charge in [0.15, 0.2) is 0 Å². The zero-order valence-corrected chi connectivity index (χ0v) is 12.5. The minimum atomic E-state index is -0.453. The average Bonchev–Trinajstić information content (AvgIpc) is 2.54. The molecular weight excluding hydrogens is 270 g/mol. The summed E-state index contributed by atoms with van der Waals surface area (Å²) in [5, 5.41) is 0. The van der Waals surface area contributed by atoms with E-state index in [-0.39, 0.29) is 18.3 Å². The molecule has 1 unspecified atom stereocenters. The Labute approximate surface area is 124 Å². The van der Waals surface area contributed by atoms with Crippen LogP contribution in [0.15, 0.2) is 24.3 Å². The molecule has 0 spiro atoms. The number of methoxy groups -OCH3 is 2. The molecule has 114 valence electrons. The zero-order chi connectivity index (χ0) is 15.2. The molecule has 0 N–H and O–H groups in total. The van der Waals surface area contributed by atoms with Crippen molar-refractivity contribution in [3.63, 3.8) is 0 Å². The van der Waals surface area contributed by atoms with Gasteiger partial charge >= 0.3 is 5.97 Å². The van der Waals surface area contributed by atoms with E-state index < -0.39 is 6.04 Å². The number of esters is 1. The maximum Gasteiger partial charge on any atom is 0.328 e. The number of carbonyl (C=O) groups is 2. The van der Waals surface area contributed by atoms with Gasteiger partial charge in [-0.2, -0.15) is 0 Å². The average molecular weight is 291 g/mol. The summed E-state index contributed by atoms with van der Waals surface area (Å²) in [7, 11) is 2.95. The maximum atomic E-state index is 12.5. The van der Waals surface area contributed by atoms with Gasteiger partial charge in [-0.05, 0) is 25.3 Å². The summed E-state index contributed by atoms with van der Waals surface area (Å²) < 4.78 is 10.1. The van der Waals surface area contributed by atoms with E-state index in [0.29, 0.717) is 18.7 Å². The topological polar surface area (TPSA) is 55.8 Å². The highest BCUT2D eigenvalue weighted by atomic mass is 16.5. The van der Waals surface area contributed by atoms with Crippen LogP contribution in [0.2, 0.25) is 0 Å². The molecule has 0 aliphatic carbocycles. The standard InChI is InChI=1S/C16H21NO4/c1-20-14-9-4-3-7-12(14)11-15(18)17-10-6-5-8-13(17)16(19)21-2/h3-4,7,9,13H,5-6,8,10-11H2,1-2H3. The van der Waals surface area contributed by atoms with Gasteiger partial charge in [-0.3, -0.25) is 4.79 Å². The predicted octanol–water partition coefficient (Wildman–Crippen LogP) is 1.79. The lowest BCUT2D eigenvalue weighted by Crippen LogP contribution is -2.49. The third kappa shape index (κ3) is 3.54. The van der Waals surface area contributed by atoms with E-state index in [9.17, 15) is 9.59 Å². The Morgan fingerprint density at radius 1 is 1.24 bits per heavy atom. The van der Waals surface area contributed by atoms with Gasteiger partial charge in [-0.1, -0.05) is 18.2 Å². The van der Waals surface area contributed by atoms with Crippen molar-refractivity contribution in [3.8, 4) is 5.75 Å². The second-order valence-electron chi connectivity index (χ2n) is 5.11. The van der Waals surface area contributed by atoms with Crippen molar-refractivity contribution >= 4 is 11.9 Å². The molecular formula is C16H21NO4. The van der Waals surface area contributed by atoms with Gasteiger partial charge in [-0.15, -0.1) is 0 Å². The number of piperidine rings is 1. The van der Waals surface area contributed by atoms with Crippen molar-refractivity contribution in [1.82, 2.24) is 4.90 Å². The van der Waals surface area contributed by atoms with Crippen molar-refractivity contribution < 1.29 is 19.1 Å². The molecule has 2 rings (SSSR count). The molecule has 0 bridgehead atoms. The number of rotatable bonds is 4. The monoisotopic (exact) mass is 291 g/mol. The van der Waals surface area contributed by atoms with Crippen LogP contribution < -0.4 is 4.74 Å². The van der Waals surface area contributed by atoms with Crippen LogP contribution in [0.1, 0.15) is 24.8 Å². The van der Waals surface area contributed by atoms with Crippen molar-refractivity contribution in [1.29, 1.82) is 0 Å². The molecule has 21 heavy (non-hydrogen) atoms. The smallest absolute Gasteiger partial charge is 0.328 e. The van der Waals surface area contributed by atoms with Gasteiger partial charge in [0.2, 0.25) is 5.91 Å². The van der Waals surface area contributed by atoms with Crippen LogP contribution in [0.5, 0.6) is 5.75 Å². The summed E-state index contributed by atoms with van der Waals surface area (Å²) in [5.74, 6) is 0.301. The second-order valence-corrected chi connectivity index (χ2v) is 5.11. The highest BCUT2D eigenvalue weighted by molar-refractivity contribution is 5.86. The lowest BCUT2D eigenvalue weighted by atomic mass is 10.0. The molecule has 1 aromatic rings. The fourth-order valence-corrected chi connectivity index (χ4v) is 2.72. The molecule has 1 heterocycles. The first kappa shape index (κ1) is 15.4. The van der Waals surface area contributed by atoms with Crippen LogP contribution in [0.25, 0.3) is 0 Å². The number of hydrogen-bond donors (Lipinski definition) is 0. The Bertz CT molecular complexity index is 515. The fourth-order valence-electron chi connectivity index (χ4n) is 2.72. The van der Waals surface area contributed by atoms with Crippen molar-refractivity contribution in [2.75, 3.05) is 20.8 Å². The van der Waals surface area contributed by atoms with E-state index in [1.54, 1.807) is 12.0 Å². The summed E-state index contributed by atoms with van der Waals surface area (Å²) in [4.78, 5) is 26.0. The predicted molar refractivity (Wildman–Crippen MR) is 78.1 cm³/mol. The highest BCUT2D eigenvalue weighted by Crippen LogP contribution is 2.22. The summed E-state index contributed by atoms with van der Waals surface area (Å²) >= 11 is 0. The molecule has 0 saturated carbocycles. The van der Waals surface area contributed by atoms with Crippen molar-refractivity contribution in [3.05, 3.63) is 29.8 Å². The van der Waals surface area contributed by atoms with Crippen LogP contribution in [0.4, 0.5) is 0 Å². The van der Waals surface area contributed by atoms with E-state index in [2.05, 4.69) is 0 Å². The molecule has 1 saturated heterocycles. The summed E-state index contributed by atoms with van der Waals surface area (Å²) in [6, 6.07) is 6.99. The first-order valence-electron chi connectivity index (χ1n) is 7.16. The lowest BCUT2D eigenvalue weighted by molar-refractivity contribution is -0.154. The summed E-state index contributed by atoms with van der Waals surface area (Å²) in [6.45, 7) is 0.605. The third-order valence-electron chi connectivity index (χ3n) is 3.83. The Hall–Kier alpha value is -2.04. The maximum absolute atomic E-state index is 12.5. The highest BCUT2D eigenvalue weighted by Gasteiger charge is 2.32. The largest absolute Gasteiger partial charge is 0.496 e. The van der Waals surface area contributed by atoms with Gasteiger partial charge in [0.05, 0.1) is 20.6 Å². The number of ether oxygens (including phenoxy) is 2. The first-order valence-corrected chi connectivity index (χ1v) is 7.16. The number of amides is 1. The lowest BCUT2D eigenvalue weighted by Gasteiger charge is -2.34. The van der Waals surface area contributed by atoms with Gasteiger partial charge < -0.3 is 14.4 Å². The number of carbonyl (C=O) groups excluding carboxylic acids is 2. The number of hydrogen-bond acceptors (Lipinski definition) is 4. The quantitative estimate of drug-likeness (QED) is 0.794. The Balaban J connectivity index is 2.12. The number of nitrogens with zero attached hydrogens (tertiary/aromatic N) is 1. The molecule has 1 aliphatic rings. The van der Waals surface area contributed by atoms with E-state index in [4.69, 9.17) is 9.47 Å². The molecule has 0 aromatic heterocycles. The summed E-state index contributed by atoms with van der Waals surface area (Å²) in [5.41, 5.74) is 0.833. The van der Waals surface area contributed by atoms with E-state index in [0.717, 1.165) is 18.4 Å². The van der Waals surface area contributed by atoms with Gasteiger partial charge in [-0.25, -0.2) is 4.79 Å². The van der Waals surface area contributed by atoms with E-state index >= 15 is 0 Å². The Morgan fingerprint density at radius 2 is 2.00 bits per heavy atom. The number of para-hydroxylation sites is 1. The Morgan fingerprint density at radius 3 is 2.71 bits per heavy atom. The summed E-state index contributed by atoms with van der Waals surface area (Å²) in [6.07, 6.45) is 2.77. The molecule has 1 aliphatic heterocycles. The molecule has 1 amide bonds. The molecule has 1 aromatic carbocycles. The normalized spacial score (nSPS) is 18.2. The number of benzene rings is 1. The molecule has 1 fully saturated rings. The zero-order valence-electron chi connectivity index (χ0n) is 12.5. The van der Waals surface area contributed by atoms with Gasteiger partial charge in [0.1, 0.15) is 11.8 Å². The van der Waals surface area contributed by atoms with Crippen molar-refractivity contribution in [2.45, 2.75) is 31.7 Å². The van der Waals surface area contributed by atoms with Crippen LogP contribution in [0, 0.1) is 0 Å². The minimum absolute atomic E-state index is 0.0606. The van der Waals surface area contributed by atoms with Gasteiger partial charge in [0.25, 0.3) is 0 Å². The SMILES string of the molecule is COC(=O)C1CCCCN1C(=O)Cc1ccccc1OC. The molecule has 0 radical (unpaired) electrons. The minimum Gasteiger partial charge on any atom is -0.496 e. The van der Waals surface area contributed by atoms with Crippen LogP contribution in [-0.2, 0) is 20.7 Å². The molecule has 1 atom stereocenters. The fraction of sp³-hybridized carbons (Fsp3) is 0.500. The first-order chi connectivity index (χ1) is 10.2. The van der Waals surface area contributed by atoms with Crippen LogP contribution in [0.3, 0.4) is 0 Å².